The largest absolute Gasteiger partial charge is 0.497 e. The number of likely N-dealkylation sites (N-methyl/N-ethyl adjacent to an activating group) is 1. The number of carbonyl (C=O) groups is 2. The summed E-state index contributed by atoms with van der Waals surface area (Å²) in [7, 11) is -0.0931. The number of halogens is 1. The van der Waals surface area contributed by atoms with Gasteiger partial charge in [0.15, 0.2) is 0 Å². The first-order chi connectivity index (χ1) is 18.5. The highest BCUT2D eigenvalue weighted by atomic mass is 32.2. The predicted octanol–water partition coefficient (Wildman–Crippen LogP) is 3.51. The highest BCUT2D eigenvalue weighted by Gasteiger charge is 2.34. The number of nitrogens with one attached hydrogen (secondary N) is 1. The van der Waals surface area contributed by atoms with Crippen LogP contribution in [-0.2, 0) is 26.2 Å². The van der Waals surface area contributed by atoms with Gasteiger partial charge in [0.05, 0.1) is 24.8 Å². The standard InChI is InChI=1S/C28H32FN3O6S/c1-19-10-13-23(14-11-19)39(35,36)32(25-16-22(37-4)12-15-26(25)38-5)18-27(33)31(20(2)28(34)30-3)17-21-8-6-7-9-24(21)29/h6-16,20H,17-18H2,1-5H3,(H,30,34)/t20-/m1/s1. The number of amides is 2. The number of anilines is 1. The molecule has 2 amide bonds. The normalized spacial score (nSPS) is 11.8. The van der Waals surface area contributed by atoms with Gasteiger partial charge in [-0.05, 0) is 44.2 Å². The molecule has 208 valence electrons. The molecule has 0 aliphatic carbocycles. The number of aryl methyl sites for hydroxylation is 1. The molecular formula is C28H32FN3O6S. The molecule has 0 saturated carbocycles. The number of ether oxygens (including phenoxy) is 2. The van der Waals surface area contributed by atoms with Crippen LogP contribution in [0.1, 0.15) is 18.1 Å². The van der Waals surface area contributed by atoms with Crippen molar-refractivity contribution < 1.29 is 31.9 Å². The van der Waals surface area contributed by atoms with Gasteiger partial charge in [0.25, 0.3) is 10.0 Å². The fourth-order valence-electron chi connectivity index (χ4n) is 3.94. The molecule has 3 rings (SSSR count). The van der Waals surface area contributed by atoms with E-state index >= 15 is 0 Å². The summed E-state index contributed by atoms with van der Waals surface area (Å²) in [6, 6.07) is 15.6. The van der Waals surface area contributed by atoms with E-state index in [1.54, 1.807) is 24.3 Å². The van der Waals surface area contributed by atoms with E-state index in [2.05, 4.69) is 5.32 Å². The van der Waals surface area contributed by atoms with E-state index in [4.69, 9.17) is 9.47 Å². The lowest BCUT2D eigenvalue weighted by Crippen LogP contribution is -2.50. The lowest BCUT2D eigenvalue weighted by molar-refractivity contribution is -0.139. The van der Waals surface area contributed by atoms with Gasteiger partial charge in [0.1, 0.15) is 29.9 Å². The Balaban J connectivity index is 2.14. The molecule has 3 aromatic rings. The SMILES string of the molecule is CNC(=O)[C@@H](C)N(Cc1ccccc1F)C(=O)CN(c1cc(OC)ccc1OC)S(=O)(=O)c1ccc(C)cc1. The highest BCUT2D eigenvalue weighted by molar-refractivity contribution is 7.92. The Bertz CT molecular complexity index is 1430. The summed E-state index contributed by atoms with van der Waals surface area (Å²) < 4.78 is 54.1. The Morgan fingerprint density at radius 1 is 1.00 bits per heavy atom. The molecule has 0 aliphatic heterocycles. The summed E-state index contributed by atoms with van der Waals surface area (Å²) in [5, 5.41) is 2.49. The summed E-state index contributed by atoms with van der Waals surface area (Å²) >= 11 is 0. The van der Waals surface area contributed by atoms with Crippen molar-refractivity contribution in [2.24, 2.45) is 0 Å². The second-order valence-corrected chi connectivity index (χ2v) is 10.6. The molecule has 0 aromatic heterocycles. The van der Waals surface area contributed by atoms with Crippen molar-refractivity contribution in [3.8, 4) is 11.5 Å². The van der Waals surface area contributed by atoms with Crippen LogP contribution in [0, 0.1) is 12.7 Å². The molecule has 9 nitrogen and oxygen atoms in total. The summed E-state index contributed by atoms with van der Waals surface area (Å²) in [6.07, 6.45) is 0. The van der Waals surface area contributed by atoms with Gasteiger partial charge < -0.3 is 19.7 Å². The minimum atomic E-state index is -4.31. The summed E-state index contributed by atoms with van der Waals surface area (Å²) in [5.74, 6) is -1.26. The average Bonchev–Trinajstić information content (AvgIpc) is 2.94. The molecule has 11 heteroatoms. The molecule has 3 aromatic carbocycles. The van der Waals surface area contributed by atoms with Crippen LogP contribution >= 0.6 is 0 Å². The van der Waals surface area contributed by atoms with E-state index in [0.29, 0.717) is 5.75 Å². The maximum atomic E-state index is 14.5. The van der Waals surface area contributed by atoms with Crippen LogP contribution in [0.25, 0.3) is 0 Å². The Morgan fingerprint density at radius 2 is 1.67 bits per heavy atom. The molecule has 1 N–H and O–H groups in total. The van der Waals surface area contributed by atoms with E-state index < -0.39 is 40.2 Å². The number of rotatable bonds is 11. The minimum absolute atomic E-state index is 0.0502. The molecule has 0 fully saturated rings. The average molecular weight is 558 g/mol. The highest BCUT2D eigenvalue weighted by Crippen LogP contribution is 2.36. The van der Waals surface area contributed by atoms with Crippen LogP contribution in [-0.4, -0.2) is 59.0 Å². The maximum absolute atomic E-state index is 14.5. The lowest BCUT2D eigenvalue weighted by Gasteiger charge is -2.32. The first-order valence-electron chi connectivity index (χ1n) is 12.1. The van der Waals surface area contributed by atoms with Gasteiger partial charge in [-0.15, -0.1) is 0 Å². The molecular weight excluding hydrogens is 525 g/mol. The van der Waals surface area contributed by atoms with Crippen molar-refractivity contribution >= 4 is 27.5 Å². The van der Waals surface area contributed by atoms with E-state index in [1.165, 1.54) is 70.7 Å². The monoisotopic (exact) mass is 557 g/mol. The fraction of sp³-hybridized carbons (Fsp3) is 0.286. The molecule has 0 unspecified atom stereocenters. The first-order valence-corrected chi connectivity index (χ1v) is 13.5. The predicted molar refractivity (Wildman–Crippen MR) is 146 cm³/mol. The van der Waals surface area contributed by atoms with E-state index in [9.17, 15) is 22.4 Å². The zero-order valence-electron chi connectivity index (χ0n) is 22.5. The van der Waals surface area contributed by atoms with Gasteiger partial charge in [0, 0.05) is 25.2 Å². The number of methoxy groups -OCH3 is 2. The third-order valence-corrected chi connectivity index (χ3v) is 8.03. The first kappa shape index (κ1) is 29.4. The number of hydrogen-bond donors (Lipinski definition) is 1. The van der Waals surface area contributed by atoms with Crippen molar-refractivity contribution in [3.63, 3.8) is 0 Å². The molecule has 0 radical (unpaired) electrons. The Labute approximate surface area is 228 Å². The second-order valence-electron chi connectivity index (χ2n) is 8.77. The van der Waals surface area contributed by atoms with E-state index in [1.807, 2.05) is 6.92 Å². The van der Waals surface area contributed by atoms with Crippen LogP contribution in [0.5, 0.6) is 11.5 Å². The van der Waals surface area contributed by atoms with Gasteiger partial charge in [-0.25, -0.2) is 12.8 Å². The Kier molecular flexibility index (Phi) is 9.52. The molecule has 0 aliphatic rings. The quantitative estimate of drug-likeness (QED) is 0.387. The van der Waals surface area contributed by atoms with Gasteiger partial charge in [0.2, 0.25) is 11.8 Å². The van der Waals surface area contributed by atoms with Crippen molar-refractivity contribution in [1.82, 2.24) is 10.2 Å². The van der Waals surface area contributed by atoms with Gasteiger partial charge in [-0.3, -0.25) is 13.9 Å². The fourth-order valence-corrected chi connectivity index (χ4v) is 5.36. The molecule has 0 bridgehead atoms. The number of sulfonamides is 1. The van der Waals surface area contributed by atoms with E-state index in [-0.39, 0.29) is 28.4 Å². The molecule has 0 saturated heterocycles. The van der Waals surface area contributed by atoms with Crippen molar-refractivity contribution in [2.75, 3.05) is 32.1 Å². The summed E-state index contributed by atoms with van der Waals surface area (Å²) in [6.45, 7) is 2.36. The van der Waals surface area contributed by atoms with Crippen LogP contribution < -0.4 is 19.1 Å². The van der Waals surface area contributed by atoms with Gasteiger partial charge in [-0.1, -0.05) is 35.9 Å². The third kappa shape index (κ3) is 6.66. The summed E-state index contributed by atoms with van der Waals surface area (Å²) in [4.78, 5) is 27.5. The van der Waals surface area contributed by atoms with Crippen LogP contribution in [0.3, 0.4) is 0 Å². The lowest BCUT2D eigenvalue weighted by atomic mass is 10.1. The van der Waals surface area contributed by atoms with Crippen LogP contribution in [0.4, 0.5) is 10.1 Å². The molecule has 0 spiro atoms. The number of nitrogens with zero attached hydrogens (tertiary/aromatic N) is 2. The maximum Gasteiger partial charge on any atom is 0.264 e. The van der Waals surface area contributed by atoms with Crippen molar-refractivity contribution in [2.45, 2.75) is 31.3 Å². The van der Waals surface area contributed by atoms with Crippen molar-refractivity contribution in [1.29, 1.82) is 0 Å². The van der Waals surface area contributed by atoms with Gasteiger partial charge >= 0.3 is 0 Å². The number of carbonyl (C=O) groups excluding carboxylic acids is 2. The zero-order valence-corrected chi connectivity index (χ0v) is 23.3. The molecule has 0 heterocycles. The smallest absolute Gasteiger partial charge is 0.264 e. The Morgan fingerprint density at radius 3 is 2.26 bits per heavy atom. The van der Waals surface area contributed by atoms with Crippen LogP contribution in [0.15, 0.2) is 71.6 Å². The topological polar surface area (TPSA) is 105 Å². The molecule has 1 atom stereocenters. The Hall–Kier alpha value is -4.12. The van der Waals surface area contributed by atoms with Gasteiger partial charge in [-0.2, -0.15) is 0 Å². The minimum Gasteiger partial charge on any atom is -0.497 e. The van der Waals surface area contributed by atoms with Crippen LogP contribution in [0.2, 0.25) is 0 Å². The molecule has 39 heavy (non-hydrogen) atoms. The number of hydrogen-bond acceptors (Lipinski definition) is 6. The third-order valence-electron chi connectivity index (χ3n) is 6.25. The van der Waals surface area contributed by atoms with E-state index in [0.717, 1.165) is 14.8 Å². The second kappa shape index (κ2) is 12.6. The summed E-state index contributed by atoms with van der Waals surface area (Å²) in [5.41, 5.74) is 1.09. The number of benzene rings is 3. The van der Waals surface area contributed by atoms with Crippen molar-refractivity contribution in [3.05, 3.63) is 83.7 Å². The zero-order chi connectivity index (χ0) is 28.7.